The molecule has 1 atom stereocenters. The van der Waals surface area contributed by atoms with Crippen molar-refractivity contribution in [3.05, 3.63) is 77.9 Å². The smallest absolute Gasteiger partial charge is 0.211 e. The molecule has 0 heterocycles. The molecular formula is C25H29N3O4. The highest BCUT2D eigenvalue weighted by atomic mass is 16.5. The van der Waals surface area contributed by atoms with E-state index in [1.807, 2.05) is 43.3 Å². The predicted molar refractivity (Wildman–Crippen MR) is 127 cm³/mol. The Morgan fingerprint density at radius 1 is 1.00 bits per heavy atom. The van der Waals surface area contributed by atoms with Gasteiger partial charge in [-0.05, 0) is 79.5 Å². The summed E-state index contributed by atoms with van der Waals surface area (Å²) < 4.78 is 5.46. The predicted octanol–water partition coefficient (Wildman–Crippen LogP) is 3.97. The van der Waals surface area contributed by atoms with Gasteiger partial charge in [-0.2, -0.15) is 0 Å². The Hall–Kier alpha value is -3.55. The fraction of sp³-hybridized carbons (Fsp3) is 0.240. The monoisotopic (exact) mass is 435 g/mol. The summed E-state index contributed by atoms with van der Waals surface area (Å²) in [6.45, 7) is 3.69. The van der Waals surface area contributed by atoms with Gasteiger partial charge in [-0.15, -0.1) is 0 Å². The average Bonchev–Trinajstić information content (AvgIpc) is 2.81. The summed E-state index contributed by atoms with van der Waals surface area (Å²) in [6, 6.07) is 20.7. The van der Waals surface area contributed by atoms with Crippen LogP contribution in [0.4, 0.5) is 17.1 Å². The standard InChI is InChI=1S/C25H29N3O4/c1-2-32-22-10-8-21(9-11-22)28-20-6-3-18(4-7-20)13-14-26-16-25(31)19-5-12-24(30)23(15-19)27-17-29/h3-12,15,17,25-26,28,30-31H,2,13-14,16H2,1H3,(H,27,29). The van der Waals surface area contributed by atoms with E-state index in [2.05, 4.69) is 28.1 Å². The van der Waals surface area contributed by atoms with Gasteiger partial charge in [0.2, 0.25) is 6.41 Å². The lowest BCUT2D eigenvalue weighted by atomic mass is 10.1. The van der Waals surface area contributed by atoms with Crippen LogP contribution in [-0.2, 0) is 11.2 Å². The molecule has 3 aromatic rings. The molecule has 0 aliphatic rings. The highest BCUT2D eigenvalue weighted by Gasteiger charge is 2.10. The molecule has 0 saturated heterocycles. The number of nitrogens with one attached hydrogen (secondary N) is 3. The van der Waals surface area contributed by atoms with E-state index >= 15 is 0 Å². The number of hydrogen-bond acceptors (Lipinski definition) is 6. The summed E-state index contributed by atoms with van der Waals surface area (Å²) in [4.78, 5) is 10.6. The zero-order valence-corrected chi connectivity index (χ0v) is 18.0. The Kier molecular flexibility index (Phi) is 8.48. The lowest BCUT2D eigenvalue weighted by Gasteiger charge is -2.14. The minimum absolute atomic E-state index is 0.0403. The van der Waals surface area contributed by atoms with Crippen LogP contribution in [0, 0.1) is 0 Å². The number of amides is 1. The van der Waals surface area contributed by atoms with Crippen LogP contribution in [0.5, 0.6) is 11.5 Å². The van der Waals surface area contributed by atoms with Gasteiger partial charge in [0.15, 0.2) is 0 Å². The fourth-order valence-corrected chi connectivity index (χ4v) is 3.25. The topological polar surface area (TPSA) is 103 Å². The SMILES string of the molecule is CCOc1ccc(Nc2ccc(CCNCC(O)c3ccc(O)c(NC=O)c3)cc2)cc1. The van der Waals surface area contributed by atoms with Crippen molar-refractivity contribution in [3.8, 4) is 11.5 Å². The first-order valence-electron chi connectivity index (χ1n) is 10.6. The number of anilines is 3. The quantitative estimate of drug-likeness (QED) is 0.168. The highest BCUT2D eigenvalue weighted by molar-refractivity contribution is 5.75. The van der Waals surface area contributed by atoms with Gasteiger partial charge in [0.05, 0.1) is 18.4 Å². The van der Waals surface area contributed by atoms with Crippen LogP contribution in [0.25, 0.3) is 0 Å². The van der Waals surface area contributed by atoms with Gasteiger partial charge in [0, 0.05) is 17.9 Å². The molecule has 3 aromatic carbocycles. The summed E-state index contributed by atoms with van der Waals surface area (Å²) in [5.41, 5.74) is 4.08. The van der Waals surface area contributed by atoms with Crippen LogP contribution >= 0.6 is 0 Å². The van der Waals surface area contributed by atoms with Crippen molar-refractivity contribution in [1.82, 2.24) is 5.32 Å². The number of rotatable bonds is 12. The maximum Gasteiger partial charge on any atom is 0.211 e. The Morgan fingerprint density at radius 2 is 1.69 bits per heavy atom. The molecule has 7 heteroatoms. The normalized spacial score (nSPS) is 11.6. The zero-order valence-electron chi connectivity index (χ0n) is 18.0. The second-order valence-electron chi connectivity index (χ2n) is 7.29. The molecule has 7 nitrogen and oxygen atoms in total. The second kappa shape index (κ2) is 11.7. The van der Waals surface area contributed by atoms with Crippen molar-refractivity contribution < 1.29 is 19.7 Å². The molecule has 5 N–H and O–H groups in total. The molecule has 32 heavy (non-hydrogen) atoms. The van der Waals surface area contributed by atoms with Crippen molar-refractivity contribution in [2.24, 2.45) is 0 Å². The molecule has 0 saturated carbocycles. The molecule has 3 rings (SSSR count). The number of aliphatic hydroxyl groups is 1. The summed E-state index contributed by atoms with van der Waals surface area (Å²) in [7, 11) is 0. The zero-order chi connectivity index (χ0) is 22.8. The van der Waals surface area contributed by atoms with Gasteiger partial charge in [-0.1, -0.05) is 18.2 Å². The van der Waals surface area contributed by atoms with Crippen LogP contribution in [-0.4, -0.2) is 36.3 Å². The van der Waals surface area contributed by atoms with Gasteiger partial charge in [-0.3, -0.25) is 4.79 Å². The van der Waals surface area contributed by atoms with E-state index < -0.39 is 6.10 Å². The van der Waals surface area contributed by atoms with Crippen LogP contribution in [0.2, 0.25) is 0 Å². The lowest BCUT2D eigenvalue weighted by molar-refractivity contribution is -0.105. The van der Waals surface area contributed by atoms with Gasteiger partial charge >= 0.3 is 0 Å². The highest BCUT2D eigenvalue weighted by Crippen LogP contribution is 2.26. The van der Waals surface area contributed by atoms with Gasteiger partial charge in [0.1, 0.15) is 11.5 Å². The number of benzene rings is 3. The molecule has 0 bridgehead atoms. The number of phenols is 1. The van der Waals surface area contributed by atoms with E-state index in [4.69, 9.17) is 4.74 Å². The van der Waals surface area contributed by atoms with Crippen molar-refractivity contribution in [2.45, 2.75) is 19.4 Å². The molecule has 0 aromatic heterocycles. The minimum atomic E-state index is -0.747. The molecule has 1 unspecified atom stereocenters. The molecule has 0 aliphatic carbocycles. The number of carbonyl (C=O) groups excluding carboxylic acids is 1. The maximum atomic E-state index is 10.6. The Labute approximate surface area is 188 Å². The lowest BCUT2D eigenvalue weighted by Crippen LogP contribution is -2.23. The summed E-state index contributed by atoms with van der Waals surface area (Å²) >= 11 is 0. The van der Waals surface area contributed by atoms with Crippen LogP contribution in [0.15, 0.2) is 66.7 Å². The van der Waals surface area contributed by atoms with Crippen LogP contribution < -0.4 is 20.7 Å². The summed E-state index contributed by atoms with van der Waals surface area (Å²) in [6.07, 6.45) is 0.565. The van der Waals surface area contributed by atoms with Gasteiger partial charge in [0.25, 0.3) is 0 Å². The van der Waals surface area contributed by atoms with E-state index in [-0.39, 0.29) is 11.4 Å². The van der Waals surface area contributed by atoms with E-state index in [1.165, 1.54) is 11.6 Å². The Balaban J connectivity index is 1.43. The maximum absolute atomic E-state index is 10.6. The van der Waals surface area contributed by atoms with E-state index in [0.717, 1.165) is 23.5 Å². The number of aliphatic hydroxyl groups excluding tert-OH is 1. The first-order valence-corrected chi connectivity index (χ1v) is 10.6. The van der Waals surface area contributed by atoms with Crippen LogP contribution in [0.3, 0.4) is 0 Å². The average molecular weight is 436 g/mol. The third kappa shape index (κ3) is 6.73. The van der Waals surface area contributed by atoms with Gasteiger partial charge < -0.3 is 30.9 Å². The van der Waals surface area contributed by atoms with Crippen molar-refractivity contribution in [1.29, 1.82) is 0 Å². The third-order valence-electron chi connectivity index (χ3n) is 4.96. The fourth-order valence-electron chi connectivity index (χ4n) is 3.25. The van der Waals surface area contributed by atoms with Crippen LogP contribution in [0.1, 0.15) is 24.2 Å². The van der Waals surface area contributed by atoms with Crippen molar-refractivity contribution in [3.63, 3.8) is 0 Å². The summed E-state index contributed by atoms with van der Waals surface area (Å²) in [5.74, 6) is 0.816. The third-order valence-corrected chi connectivity index (χ3v) is 4.96. The van der Waals surface area contributed by atoms with Crippen molar-refractivity contribution >= 4 is 23.5 Å². The van der Waals surface area contributed by atoms with Crippen molar-refractivity contribution in [2.75, 3.05) is 30.3 Å². The molecule has 0 radical (unpaired) electrons. The number of ether oxygens (including phenoxy) is 1. The molecule has 0 spiro atoms. The van der Waals surface area contributed by atoms with E-state index in [0.29, 0.717) is 31.7 Å². The summed E-state index contributed by atoms with van der Waals surface area (Å²) in [5, 5.41) is 29.1. The second-order valence-corrected chi connectivity index (χ2v) is 7.29. The minimum Gasteiger partial charge on any atom is -0.506 e. The first-order chi connectivity index (χ1) is 15.6. The van der Waals surface area contributed by atoms with E-state index in [1.54, 1.807) is 12.1 Å². The molecule has 0 fully saturated rings. The number of phenolic OH excluding ortho intramolecular Hbond substituents is 1. The Bertz CT molecular complexity index is 991. The van der Waals surface area contributed by atoms with E-state index in [9.17, 15) is 15.0 Å². The molecular weight excluding hydrogens is 406 g/mol. The number of carbonyl (C=O) groups is 1. The molecule has 168 valence electrons. The molecule has 1 amide bonds. The Morgan fingerprint density at radius 3 is 2.34 bits per heavy atom. The number of aromatic hydroxyl groups is 1. The molecule has 0 aliphatic heterocycles. The van der Waals surface area contributed by atoms with Gasteiger partial charge in [-0.25, -0.2) is 0 Å². The largest absolute Gasteiger partial charge is 0.506 e. The first kappa shape index (κ1) is 23.1. The number of hydrogen-bond donors (Lipinski definition) is 5.